The third kappa shape index (κ3) is 9.12. The summed E-state index contributed by atoms with van der Waals surface area (Å²) in [6.45, 7) is 0. The Labute approximate surface area is 457 Å². The van der Waals surface area contributed by atoms with Gasteiger partial charge in [-0.3, -0.25) is 0 Å². The number of benzene rings is 11. The van der Waals surface area contributed by atoms with E-state index in [0.717, 1.165) is 59.4 Å². The molecule has 2 nitrogen and oxygen atoms in total. The summed E-state index contributed by atoms with van der Waals surface area (Å²) in [6.07, 6.45) is 4.24. The molecule has 78 heavy (non-hydrogen) atoms. The molecule has 0 saturated heterocycles. The van der Waals surface area contributed by atoms with Crippen molar-refractivity contribution in [2.75, 3.05) is 0 Å². The van der Waals surface area contributed by atoms with Crippen molar-refractivity contribution in [1.82, 2.24) is 9.55 Å². The van der Waals surface area contributed by atoms with Crippen molar-refractivity contribution in [2.45, 2.75) is 31.6 Å². The summed E-state index contributed by atoms with van der Waals surface area (Å²) in [5.74, 6) is 0.437. The highest BCUT2D eigenvalue weighted by Gasteiger charge is 2.26. The molecule has 1 aliphatic carbocycles. The molecular formula is C76H56N2. The lowest BCUT2D eigenvalue weighted by Gasteiger charge is -2.29. The molecule has 1 aliphatic rings. The van der Waals surface area contributed by atoms with E-state index in [9.17, 15) is 0 Å². The van der Waals surface area contributed by atoms with Gasteiger partial charge in [0.1, 0.15) is 0 Å². The van der Waals surface area contributed by atoms with Gasteiger partial charge in [0, 0.05) is 27.6 Å². The topological polar surface area (TPSA) is 17.8 Å². The lowest BCUT2D eigenvalue weighted by atomic mass is 9.75. The first kappa shape index (κ1) is 46.9. The summed E-state index contributed by atoms with van der Waals surface area (Å²) in [7, 11) is 0. The second kappa shape index (κ2) is 20.5. The van der Waals surface area contributed by atoms with Crippen molar-refractivity contribution in [3.05, 3.63) is 302 Å². The van der Waals surface area contributed by atoms with Gasteiger partial charge in [-0.1, -0.05) is 218 Å². The molecule has 0 fully saturated rings. The van der Waals surface area contributed by atoms with Crippen molar-refractivity contribution in [3.63, 3.8) is 0 Å². The first-order valence-electron chi connectivity index (χ1n) is 27.5. The summed E-state index contributed by atoms with van der Waals surface area (Å²) in [5, 5.41) is 2.45. The van der Waals surface area contributed by atoms with Gasteiger partial charge in [-0.05, 0) is 182 Å². The summed E-state index contributed by atoms with van der Waals surface area (Å²) in [4.78, 5) is 5.52. The molecule has 11 aromatic carbocycles. The van der Waals surface area contributed by atoms with E-state index in [2.05, 4.69) is 290 Å². The Morgan fingerprint density at radius 3 is 1.33 bits per heavy atom. The zero-order valence-electron chi connectivity index (χ0n) is 43.4. The van der Waals surface area contributed by atoms with Gasteiger partial charge in [-0.2, -0.15) is 0 Å². The van der Waals surface area contributed by atoms with Crippen LogP contribution in [0.3, 0.4) is 0 Å². The predicted octanol–water partition coefficient (Wildman–Crippen LogP) is 20.2. The number of nitrogens with zero attached hydrogens (tertiary/aromatic N) is 2. The van der Waals surface area contributed by atoms with Crippen LogP contribution in [0.1, 0.15) is 35.4 Å². The quantitative estimate of drug-likeness (QED) is 0.119. The van der Waals surface area contributed by atoms with E-state index in [1.165, 1.54) is 99.7 Å². The molecule has 370 valence electrons. The largest absolute Gasteiger partial charge is 0.309 e. The van der Waals surface area contributed by atoms with Crippen LogP contribution in [0, 0.1) is 0 Å². The Morgan fingerprint density at radius 2 is 0.782 bits per heavy atom. The minimum atomic E-state index is 0.437. The number of aromatic nitrogens is 2. The van der Waals surface area contributed by atoms with E-state index >= 15 is 0 Å². The van der Waals surface area contributed by atoms with E-state index in [1.54, 1.807) is 0 Å². The smallest absolute Gasteiger partial charge is 0.0716 e. The fourth-order valence-electron chi connectivity index (χ4n) is 12.2. The number of aryl methyl sites for hydroxylation is 1. The normalized spacial score (nSPS) is 12.8. The van der Waals surface area contributed by atoms with E-state index in [0.29, 0.717) is 5.92 Å². The molecule has 0 aliphatic heterocycles. The van der Waals surface area contributed by atoms with Gasteiger partial charge in [-0.25, -0.2) is 4.98 Å². The third-order valence-electron chi connectivity index (χ3n) is 16.1. The molecule has 0 amide bonds. The van der Waals surface area contributed by atoms with E-state index in [-0.39, 0.29) is 0 Å². The molecule has 0 N–H and O–H groups in total. The van der Waals surface area contributed by atoms with Crippen molar-refractivity contribution in [2.24, 2.45) is 0 Å². The molecule has 0 radical (unpaired) electrons. The lowest BCUT2D eigenvalue weighted by molar-refractivity contribution is 0.584. The highest BCUT2D eigenvalue weighted by atomic mass is 15.0. The molecule has 1 atom stereocenters. The van der Waals surface area contributed by atoms with Gasteiger partial charge in [0.15, 0.2) is 0 Å². The average Bonchev–Trinajstić information content (AvgIpc) is 3.89. The van der Waals surface area contributed by atoms with Gasteiger partial charge in [0.05, 0.1) is 22.4 Å². The summed E-state index contributed by atoms with van der Waals surface area (Å²) in [5.41, 5.74) is 26.7. The molecule has 0 bridgehead atoms. The summed E-state index contributed by atoms with van der Waals surface area (Å²) in [6, 6.07) is 105. The fourth-order valence-corrected chi connectivity index (χ4v) is 12.2. The maximum atomic E-state index is 5.52. The van der Waals surface area contributed by atoms with E-state index in [1.807, 2.05) is 0 Å². The number of fused-ring (bicyclic) bond motifs is 6. The van der Waals surface area contributed by atoms with E-state index in [4.69, 9.17) is 4.98 Å². The Bertz CT molecular complexity index is 4190. The number of hydrogen-bond donors (Lipinski definition) is 0. The minimum Gasteiger partial charge on any atom is -0.309 e. The Kier molecular flexibility index (Phi) is 12.3. The van der Waals surface area contributed by atoms with Crippen LogP contribution in [0.25, 0.3) is 117 Å². The molecule has 13 aromatic rings. The molecule has 2 aromatic heterocycles. The molecule has 1 unspecified atom stereocenters. The van der Waals surface area contributed by atoms with Gasteiger partial charge in [0.25, 0.3) is 0 Å². The summed E-state index contributed by atoms with van der Waals surface area (Å²) < 4.78 is 2.43. The average molecular weight is 997 g/mol. The first-order valence-corrected chi connectivity index (χ1v) is 27.5. The predicted molar refractivity (Wildman–Crippen MR) is 328 cm³/mol. The van der Waals surface area contributed by atoms with Crippen molar-refractivity contribution in [3.8, 4) is 95.0 Å². The Balaban J connectivity index is 0.786. The standard InChI is InChI=1S/C76H56N2/c1-6-21-53(22-7-1)58-35-36-63-44-62(68-40-37-59(47-70(68)69(63)46-58)54-23-8-2-9-24-54)31-16-19-52-20-17-32-64(43-52)73-50-66(57-29-14-5-15-30-57)51-74(77-73)65-33-18-34-67(45-65)78-75-41-38-60(55-25-10-3-11-26-55)48-71(75)72-49-61(39-42-76(72)78)56-27-12-4-13-28-56/h1-15,17-18,20-30,32-43,45-51,62H,16,19,31,44H2. The van der Waals surface area contributed by atoms with Crippen LogP contribution < -0.4 is 0 Å². The van der Waals surface area contributed by atoms with Crippen molar-refractivity contribution in [1.29, 1.82) is 0 Å². The van der Waals surface area contributed by atoms with Gasteiger partial charge < -0.3 is 4.57 Å². The van der Waals surface area contributed by atoms with Gasteiger partial charge in [0.2, 0.25) is 0 Å². The van der Waals surface area contributed by atoms with E-state index < -0.39 is 0 Å². The van der Waals surface area contributed by atoms with Crippen LogP contribution in [0.4, 0.5) is 0 Å². The molecule has 2 heterocycles. The second-order valence-corrected chi connectivity index (χ2v) is 21.0. The molecule has 0 spiro atoms. The van der Waals surface area contributed by atoms with Crippen LogP contribution in [0.5, 0.6) is 0 Å². The molecule has 14 rings (SSSR count). The molecular weight excluding hydrogens is 941 g/mol. The zero-order chi connectivity index (χ0) is 51.8. The van der Waals surface area contributed by atoms with Gasteiger partial charge >= 0.3 is 0 Å². The molecule has 0 saturated carbocycles. The summed E-state index contributed by atoms with van der Waals surface area (Å²) >= 11 is 0. The van der Waals surface area contributed by atoms with Gasteiger partial charge in [-0.15, -0.1) is 0 Å². The van der Waals surface area contributed by atoms with Crippen LogP contribution >= 0.6 is 0 Å². The fraction of sp³-hybridized carbons (Fsp3) is 0.0658. The van der Waals surface area contributed by atoms with Crippen LogP contribution in [0.2, 0.25) is 0 Å². The van der Waals surface area contributed by atoms with Crippen molar-refractivity contribution >= 4 is 21.8 Å². The zero-order valence-corrected chi connectivity index (χ0v) is 43.4. The maximum Gasteiger partial charge on any atom is 0.0716 e. The molecule has 2 heteroatoms. The van der Waals surface area contributed by atoms with Crippen LogP contribution in [-0.2, 0) is 12.8 Å². The minimum absolute atomic E-state index is 0.437. The maximum absolute atomic E-state index is 5.52. The Hall–Kier alpha value is -9.63. The lowest BCUT2D eigenvalue weighted by Crippen LogP contribution is -2.12. The number of hydrogen-bond acceptors (Lipinski definition) is 1. The highest BCUT2D eigenvalue weighted by Crippen LogP contribution is 2.45. The Morgan fingerprint density at radius 1 is 0.333 bits per heavy atom. The SMILES string of the molecule is c1ccc(-c2cc(-c3cccc(CCCC4Cc5ccc(-c6ccccc6)cc5-c5cc(-c6ccccc6)ccc54)c3)nc(-c3cccc(-n4c5ccc(-c6ccccc6)cc5c5cc(-c6ccccc6)ccc54)c3)c2)cc1. The highest BCUT2D eigenvalue weighted by molar-refractivity contribution is 6.11. The first-order chi connectivity index (χ1) is 38.6. The van der Waals surface area contributed by atoms with Crippen LogP contribution in [-0.4, -0.2) is 9.55 Å². The monoisotopic (exact) mass is 996 g/mol. The third-order valence-corrected chi connectivity index (χ3v) is 16.1. The number of pyridine rings is 1. The van der Waals surface area contributed by atoms with Crippen LogP contribution in [0.15, 0.2) is 285 Å². The number of rotatable bonds is 12. The second-order valence-electron chi connectivity index (χ2n) is 21.0. The van der Waals surface area contributed by atoms with Crippen molar-refractivity contribution < 1.29 is 0 Å².